The third-order valence-corrected chi connectivity index (χ3v) is 4.45. The molecule has 0 saturated carbocycles. The lowest BCUT2D eigenvalue weighted by atomic mass is 10.1. The number of carbonyl (C=O) groups is 1. The molecule has 0 aliphatic heterocycles. The first-order valence-corrected chi connectivity index (χ1v) is 8.69. The molecule has 0 N–H and O–H groups in total. The van der Waals surface area contributed by atoms with Crippen LogP contribution in [-0.2, 0) is 19.5 Å². The van der Waals surface area contributed by atoms with Gasteiger partial charge < -0.3 is 9.32 Å². The quantitative estimate of drug-likeness (QED) is 0.599. The van der Waals surface area contributed by atoms with Crippen molar-refractivity contribution in [2.24, 2.45) is 0 Å². The van der Waals surface area contributed by atoms with Gasteiger partial charge in [-0.3, -0.25) is 4.79 Å². The Hall–Kier alpha value is -2.52. The van der Waals surface area contributed by atoms with Gasteiger partial charge in [-0.05, 0) is 41.8 Å². The first-order valence-electron chi connectivity index (χ1n) is 8.31. The predicted octanol–water partition coefficient (Wildman–Crippen LogP) is 5.34. The van der Waals surface area contributed by atoms with Crippen LogP contribution in [0.5, 0.6) is 0 Å². The van der Waals surface area contributed by atoms with E-state index in [0.717, 1.165) is 17.7 Å². The van der Waals surface area contributed by atoms with Crippen molar-refractivity contribution in [2.75, 3.05) is 0 Å². The number of nitrogens with zero attached hydrogens (tertiary/aromatic N) is 1. The van der Waals surface area contributed by atoms with Crippen molar-refractivity contribution in [3.05, 3.63) is 94.4 Å². The van der Waals surface area contributed by atoms with Crippen molar-refractivity contribution >= 4 is 17.5 Å². The van der Waals surface area contributed by atoms with Gasteiger partial charge in [-0.15, -0.1) is 0 Å². The van der Waals surface area contributed by atoms with E-state index in [0.29, 0.717) is 23.7 Å². The van der Waals surface area contributed by atoms with Crippen LogP contribution >= 0.6 is 11.6 Å². The van der Waals surface area contributed by atoms with Gasteiger partial charge in [0.1, 0.15) is 5.76 Å². The van der Waals surface area contributed by atoms with Crippen LogP contribution in [0.3, 0.4) is 0 Å². The Kier molecular flexibility index (Phi) is 5.56. The molecule has 2 aromatic carbocycles. The normalized spacial score (nSPS) is 10.6. The summed E-state index contributed by atoms with van der Waals surface area (Å²) in [6.45, 7) is 3.01. The Morgan fingerprint density at radius 1 is 0.960 bits per heavy atom. The maximum absolute atomic E-state index is 13.0. The predicted molar refractivity (Wildman–Crippen MR) is 99.6 cm³/mol. The molecule has 4 heteroatoms. The number of aryl methyl sites for hydroxylation is 1. The van der Waals surface area contributed by atoms with Crippen LogP contribution in [-0.4, -0.2) is 10.8 Å². The van der Waals surface area contributed by atoms with Gasteiger partial charge in [0.2, 0.25) is 0 Å². The highest BCUT2D eigenvalue weighted by molar-refractivity contribution is 6.33. The molecule has 128 valence electrons. The maximum Gasteiger partial charge on any atom is 0.256 e. The standard InChI is InChI=1S/C21H20ClNO2/c1-2-16-9-11-17(12-10-16)14-23(15-18-6-5-13-25-18)21(24)19-7-3-4-8-20(19)22/h3-13H,2,14-15H2,1H3. The molecule has 1 aromatic heterocycles. The van der Waals surface area contributed by atoms with E-state index in [1.807, 2.05) is 24.3 Å². The van der Waals surface area contributed by atoms with Gasteiger partial charge in [0.25, 0.3) is 5.91 Å². The summed E-state index contributed by atoms with van der Waals surface area (Å²) >= 11 is 6.22. The minimum Gasteiger partial charge on any atom is -0.467 e. The average molecular weight is 354 g/mol. The summed E-state index contributed by atoms with van der Waals surface area (Å²) in [6.07, 6.45) is 2.61. The third-order valence-electron chi connectivity index (χ3n) is 4.12. The van der Waals surface area contributed by atoms with Gasteiger partial charge in [0.15, 0.2) is 0 Å². The van der Waals surface area contributed by atoms with Crippen molar-refractivity contribution < 1.29 is 9.21 Å². The number of halogens is 1. The van der Waals surface area contributed by atoms with E-state index in [9.17, 15) is 4.79 Å². The fraction of sp³-hybridized carbons (Fsp3) is 0.190. The van der Waals surface area contributed by atoms with Crippen LogP contribution < -0.4 is 0 Å². The summed E-state index contributed by atoms with van der Waals surface area (Å²) in [6, 6.07) is 19.1. The molecule has 3 aromatic rings. The van der Waals surface area contributed by atoms with E-state index in [1.165, 1.54) is 5.56 Å². The number of benzene rings is 2. The molecule has 0 unspecified atom stereocenters. The van der Waals surface area contributed by atoms with E-state index in [4.69, 9.17) is 16.0 Å². The van der Waals surface area contributed by atoms with Crippen LogP contribution in [0.1, 0.15) is 34.2 Å². The first-order chi connectivity index (χ1) is 12.2. The number of hydrogen-bond donors (Lipinski definition) is 0. The van der Waals surface area contributed by atoms with E-state index < -0.39 is 0 Å². The molecule has 0 spiro atoms. The van der Waals surface area contributed by atoms with E-state index in [-0.39, 0.29) is 5.91 Å². The lowest BCUT2D eigenvalue weighted by molar-refractivity contribution is 0.0718. The van der Waals surface area contributed by atoms with Crippen molar-refractivity contribution in [3.63, 3.8) is 0 Å². The third kappa shape index (κ3) is 4.31. The lowest BCUT2D eigenvalue weighted by Crippen LogP contribution is -2.30. The molecule has 3 rings (SSSR count). The fourth-order valence-electron chi connectivity index (χ4n) is 2.70. The summed E-state index contributed by atoms with van der Waals surface area (Å²) in [5.74, 6) is 0.632. The Balaban J connectivity index is 1.86. The molecule has 0 fully saturated rings. The molecule has 0 atom stereocenters. The molecule has 0 aliphatic carbocycles. The molecular formula is C21H20ClNO2. The summed E-state index contributed by atoms with van der Waals surface area (Å²) in [4.78, 5) is 14.8. The smallest absolute Gasteiger partial charge is 0.256 e. The molecule has 0 saturated heterocycles. The Morgan fingerprint density at radius 3 is 2.32 bits per heavy atom. The van der Waals surface area contributed by atoms with Gasteiger partial charge in [0.05, 0.1) is 23.4 Å². The summed E-state index contributed by atoms with van der Waals surface area (Å²) in [5.41, 5.74) is 2.85. The van der Waals surface area contributed by atoms with Gasteiger partial charge in [-0.25, -0.2) is 0 Å². The second-order valence-corrected chi connectivity index (χ2v) is 6.30. The Morgan fingerprint density at radius 2 is 1.68 bits per heavy atom. The molecule has 3 nitrogen and oxygen atoms in total. The van der Waals surface area contributed by atoms with Crippen LogP contribution in [0.2, 0.25) is 5.02 Å². The van der Waals surface area contributed by atoms with Crippen LogP contribution in [0.4, 0.5) is 0 Å². The second kappa shape index (κ2) is 8.04. The minimum atomic E-state index is -0.110. The first kappa shape index (κ1) is 17.3. The van der Waals surface area contributed by atoms with Gasteiger partial charge in [-0.2, -0.15) is 0 Å². The monoisotopic (exact) mass is 353 g/mol. The number of hydrogen-bond acceptors (Lipinski definition) is 2. The van der Waals surface area contributed by atoms with Crippen molar-refractivity contribution in [1.29, 1.82) is 0 Å². The zero-order chi connectivity index (χ0) is 17.6. The topological polar surface area (TPSA) is 33.5 Å². The highest BCUT2D eigenvalue weighted by Gasteiger charge is 2.20. The van der Waals surface area contributed by atoms with E-state index in [2.05, 4.69) is 31.2 Å². The number of carbonyl (C=O) groups excluding carboxylic acids is 1. The molecule has 0 bridgehead atoms. The van der Waals surface area contributed by atoms with Crippen molar-refractivity contribution in [3.8, 4) is 0 Å². The fourth-order valence-corrected chi connectivity index (χ4v) is 2.91. The zero-order valence-corrected chi connectivity index (χ0v) is 14.9. The van der Waals surface area contributed by atoms with E-state index >= 15 is 0 Å². The highest BCUT2D eigenvalue weighted by atomic mass is 35.5. The van der Waals surface area contributed by atoms with Gasteiger partial charge in [0, 0.05) is 6.54 Å². The van der Waals surface area contributed by atoms with Crippen LogP contribution in [0.15, 0.2) is 71.3 Å². The molecule has 1 amide bonds. The maximum atomic E-state index is 13.0. The lowest BCUT2D eigenvalue weighted by Gasteiger charge is -2.22. The molecule has 25 heavy (non-hydrogen) atoms. The van der Waals surface area contributed by atoms with Crippen molar-refractivity contribution in [1.82, 2.24) is 4.90 Å². The Bertz CT molecular complexity index is 825. The summed E-state index contributed by atoms with van der Waals surface area (Å²) in [7, 11) is 0. The van der Waals surface area contributed by atoms with Gasteiger partial charge >= 0.3 is 0 Å². The van der Waals surface area contributed by atoms with Crippen molar-refractivity contribution in [2.45, 2.75) is 26.4 Å². The van der Waals surface area contributed by atoms with E-state index in [1.54, 1.807) is 23.3 Å². The zero-order valence-electron chi connectivity index (χ0n) is 14.1. The largest absolute Gasteiger partial charge is 0.467 e. The second-order valence-electron chi connectivity index (χ2n) is 5.89. The highest BCUT2D eigenvalue weighted by Crippen LogP contribution is 2.20. The SMILES string of the molecule is CCc1ccc(CN(Cc2ccco2)C(=O)c2ccccc2Cl)cc1. The molecule has 0 radical (unpaired) electrons. The molecular weight excluding hydrogens is 334 g/mol. The minimum absolute atomic E-state index is 0.110. The van der Waals surface area contributed by atoms with Gasteiger partial charge in [-0.1, -0.05) is 54.9 Å². The van der Waals surface area contributed by atoms with Crippen LogP contribution in [0, 0.1) is 0 Å². The van der Waals surface area contributed by atoms with Crippen LogP contribution in [0.25, 0.3) is 0 Å². The number of amides is 1. The molecule has 1 heterocycles. The Labute approximate surface area is 152 Å². The average Bonchev–Trinajstić information content (AvgIpc) is 3.15. The molecule has 0 aliphatic rings. The number of furan rings is 1. The summed E-state index contributed by atoms with van der Waals surface area (Å²) in [5, 5.41) is 0.457. The summed E-state index contributed by atoms with van der Waals surface area (Å²) < 4.78 is 5.43. The number of rotatable bonds is 6.